The predicted molar refractivity (Wildman–Crippen MR) is 69.5 cm³/mol. The molecule has 3 N–H and O–H groups in total. The zero-order chi connectivity index (χ0) is 14.6. The number of nitrogens with one attached hydrogen (secondary N) is 1. The lowest BCUT2D eigenvalue weighted by Crippen LogP contribution is -2.44. The van der Waals surface area contributed by atoms with Crippen molar-refractivity contribution in [3.8, 4) is 0 Å². The Bertz CT molecular complexity index is 514. The SMILES string of the molecule is C=C(Br)C[C@@H](NC(=O)c1cc(F)cc(F)c1)C(N)=O. The Morgan fingerprint density at radius 1 is 1.32 bits per heavy atom. The molecule has 0 saturated carbocycles. The van der Waals surface area contributed by atoms with Crippen molar-refractivity contribution >= 4 is 27.7 Å². The summed E-state index contributed by atoms with van der Waals surface area (Å²) in [5.41, 5.74) is 4.87. The van der Waals surface area contributed by atoms with Crippen LogP contribution >= 0.6 is 15.9 Å². The van der Waals surface area contributed by atoms with Gasteiger partial charge in [-0.15, -0.1) is 0 Å². The summed E-state index contributed by atoms with van der Waals surface area (Å²) in [4.78, 5) is 22.9. The van der Waals surface area contributed by atoms with Gasteiger partial charge >= 0.3 is 0 Å². The zero-order valence-electron chi connectivity index (χ0n) is 9.75. The summed E-state index contributed by atoms with van der Waals surface area (Å²) in [5, 5.41) is 2.28. The van der Waals surface area contributed by atoms with Crippen LogP contribution in [-0.2, 0) is 4.79 Å². The van der Waals surface area contributed by atoms with E-state index < -0.39 is 29.5 Å². The van der Waals surface area contributed by atoms with Gasteiger partial charge in [0.15, 0.2) is 0 Å². The van der Waals surface area contributed by atoms with Gasteiger partial charge in [0.25, 0.3) is 5.91 Å². The molecule has 0 aliphatic rings. The van der Waals surface area contributed by atoms with Gasteiger partial charge in [0.2, 0.25) is 5.91 Å². The molecule has 0 aliphatic carbocycles. The summed E-state index contributed by atoms with van der Waals surface area (Å²) in [6, 6.07) is 1.35. The van der Waals surface area contributed by atoms with Crippen LogP contribution in [0.1, 0.15) is 16.8 Å². The molecule has 4 nitrogen and oxygen atoms in total. The average molecular weight is 333 g/mol. The highest BCUT2D eigenvalue weighted by molar-refractivity contribution is 9.11. The van der Waals surface area contributed by atoms with E-state index in [2.05, 4.69) is 27.8 Å². The fraction of sp³-hybridized carbons (Fsp3) is 0.167. The van der Waals surface area contributed by atoms with Crippen LogP contribution in [0.5, 0.6) is 0 Å². The Kier molecular flexibility index (Phi) is 5.17. The first-order valence-electron chi connectivity index (χ1n) is 5.19. The molecule has 1 rings (SSSR count). The molecule has 0 unspecified atom stereocenters. The van der Waals surface area contributed by atoms with Crippen LogP contribution < -0.4 is 11.1 Å². The van der Waals surface area contributed by atoms with Gasteiger partial charge in [-0.25, -0.2) is 8.78 Å². The standard InChI is InChI=1S/C12H11BrF2N2O2/c1-6(13)2-10(11(16)18)17-12(19)7-3-8(14)5-9(15)4-7/h3-5,10H,1-2H2,(H2,16,18)(H,17,19)/t10-/m1/s1. The van der Waals surface area contributed by atoms with Crippen LogP contribution in [0.3, 0.4) is 0 Å². The first-order valence-corrected chi connectivity index (χ1v) is 5.98. The van der Waals surface area contributed by atoms with E-state index in [1.165, 1.54) is 0 Å². The fourth-order valence-corrected chi connectivity index (χ4v) is 1.69. The van der Waals surface area contributed by atoms with Crippen LogP contribution in [0.2, 0.25) is 0 Å². The lowest BCUT2D eigenvalue weighted by Gasteiger charge is -2.14. The summed E-state index contributed by atoms with van der Waals surface area (Å²) in [7, 11) is 0. The van der Waals surface area contributed by atoms with E-state index in [-0.39, 0.29) is 12.0 Å². The predicted octanol–water partition coefficient (Wildman–Crippen LogP) is 1.85. The van der Waals surface area contributed by atoms with Gasteiger partial charge in [0.05, 0.1) is 0 Å². The number of halogens is 3. The number of carbonyl (C=O) groups excluding carboxylic acids is 2. The average Bonchev–Trinajstić information content (AvgIpc) is 2.25. The number of hydrogen-bond acceptors (Lipinski definition) is 2. The van der Waals surface area contributed by atoms with Crippen molar-refractivity contribution in [1.29, 1.82) is 0 Å². The fourth-order valence-electron chi connectivity index (χ4n) is 1.37. The minimum absolute atomic E-state index is 0.0822. The molecule has 1 aromatic rings. The van der Waals surface area contributed by atoms with Crippen molar-refractivity contribution < 1.29 is 18.4 Å². The van der Waals surface area contributed by atoms with Crippen LogP contribution in [0, 0.1) is 11.6 Å². The molecule has 19 heavy (non-hydrogen) atoms. The Morgan fingerprint density at radius 3 is 2.26 bits per heavy atom. The molecule has 1 aromatic carbocycles. The molecule has 0 fully saturated rings. The number of hydrogen-bond donors (Lipinski definition) is 2. The van der Waals surface area contributed by atoms with E-state index in [0.29, 0.717) is 10.5 Å². The third kappa shape index (κ3) is 4.78. The Labute approximate surface area is 116 Å². The van der Waals surface area contributed by atoms with E-state index in [1.807, 2.05) is 0 Å². The van der Waals surface area contributed by atoms with Gasteiger partial charge in [0, 0.05) is 18.1 Å². The third-order valence-electron chi connectivity index (χ3n) is 2.20. The van der Waals surface area contributed by atoms with Gasteiger partial charge in [0.1, 0.15) is 17.7 Å². The molecule has 0 spiro atoms. The lowest BCUT2D eigenvalue weighted by atomic mass is 10.1. The molecule has 0 heterocycles. The Morgan fingerprint density at radius 2 is 1.84 bits per heavy atom. The van der Waals surface area contributed by atoms with Gasteiger partial charge in [-0.2, -0.15) is 0 Å². The summed E-state index contributed by atoms with van der Waals surface area (Å²) >= 11 is 3.04. The minimum atomic E-state index is -1.01. The Hall–Kier alpha value is -1.76. The highest BCUT2D eigenvalue weighted by Gasteiger charge is 2.20. The number of nitrogens with two attached hydrogens (primary N) is 1. The van der Waals surface area contributed by atoms with E-state index in [0.717, 1.165) is 12.1 Å². The van der Waals surface area contributed by atoms with E-state index in [1.54, 1.807) is 0 Å². The maximum Gasteiger partial charge on any atom is 0.252 e. The number of carbonyl (C=O) groups is 2. The second kappa shape index (κ2) is 6.42. The first-order chi connectivity index (χ1) is 8.79. The molecule has 2 amide bonds. The molecule has 102 valence electrons. The van der Waals surface area contributed by atoms with Gasteiger partial charge < -0.3 is 11.1 Å². The van der Waals surface area contributed by atoms with Gasteiger partial charge in [-0.05, 0) is 16.6 Å². The minimum Gasteiger partial charge on any atom is -0.368 e. The van der Waals surface area contributed by atoms with Crippen molar-refractivity contribution in [2.45, 2.75) is 12.5 Å². The Balaban J connectivity index is 2.87. The van der Waals surface area contributed by atoms with Crippen molar-refractivity contribution in [2.24, 2.45) is 5.73 Å². The number of rotatable bonds is 5. The maximum atomic E-state index is 13.0. The highest BCUT2D eigenvalue weighted by Crippen LogP contribution is 2.12. The summed E-state index contributed by atoms with van der Waals surface area (Å²) < 4.78 is 26.4. The van der Waals surface area contributed by atoms with Crippen LogP contribution in [0.25, 0.3) is 0 Å². The van der Waals surface area contributed by atoms with Crippen molar-refractivity contribution in [1.82, 2.24) is 5.32 Å². The molecular formula is C12H11BrF2N2O2. The summed E-state index contributed by atoms with van der Waals surface area (Å²) in [5.74, 6) is -3.34. The molecule has 0 bridgehead atoms. The zero-order valence-corrected chi connectivity index (χ0v) is 11.3. The van der Waals surface area contributed by atoms with Crippen molar-refractivity contribution in [3.05, 3.63) is 46.5 Å². The number of primary amides is 1. The summed E-state index contributed by atoms with van der Waals surface area (Å²) in [6.07, 6.45) is 0.0822. The normalized spacial score (nSPS) is 11.7. The molecule has 0 aromatic heterocycles. The first kappa shape index (κ1) is 15.3. The van der Waals surface area contributed by atoms with Crippen LogP contribution in [0.15, 0.2) is 29.3 Å². The third-order valence-corrected chi connectivity index (χ3v) is 2.52. The van der Waals surface area contributed by atoms with E-state index >= 15 is 0 Å². The van der Waals surface area contributed by atoms with Gasteiger partial charge in [-0.3, -0.25) is 9.59 Å². The summed E-state index contributed by atoms with van der Waals surface area (Å²) in [6.45, 7) is 3.52. The number of amides is 2. The second-order valence-electron chi connectivity index (χ2n) is 3.81. The highest BCUT2D eigenvalue weighted by atomic mass is 79.9. The van der Waals surface area contributed by atoms with Crippen molar-refractivity contribution in [3.63, 3.8) is 0 Å². The molecular weight excluding hydrogens is 322 g/mol. The molecule has 0 radical (unpaired) electrons. The monoisotopic (exact) mass is 332 g/mol. The second-order valence-corrected chi connectivity index (χ2v) is 4.93. The quantitative estimate of drug-likeness (QED) is 0.863. The lowest BCUT2D eigenvalue weighted by molar-refractivity contribution is -0.119. The van der Waals surface area contributed by atoms with E-state index in [9.17, 15) is 18.4 Å². The van der Waals surface area contributed by atoms with Crippen molar-refractivity contribution in [2.75, 3.05) is 0 Å². The molecule has 7 heteroatoms. The maximum absolute atomic E-state index is 13.0. The molecule has 0 saturated heterocycles. The topological polar surface area (TPSA) is 72.2 Å². The van der Waals surface area contributed by atoms with Gasteiger partial charge in [-0.1, -0.05) is 22.5 Å². The molecule has 1 atom stereocenters. The largest absolute Gasteiger partial charge is 0.368 e. The number of benzene rings is 1. The van der Waals surface area contributed by atoms with E-state index in [4.69, 9.17) is 5.73 Å². The van der Waals surface area contributed by atoms with Crippen LogP contribution in [0.4, 0.5) is 8.78 Å². The smallest absolute Gasteiger partial charge is 0.252 e. The molecule has 0 aliphatic heterocycles. The van der Waals surface area contributed by atoms with Crippen LogP contribution in [-0.4, -0.2) is 17.9 Å².